The van der Waals surface area contributed by atoms with E-state index < -0.39 is 54.3 Å². The fourth-order valence-corrected chi connectivity index (χ4v) is 3.88. The standard InChI is InChI=1S/C24H35N5O7/c1-3-13(2)20(29-21(32)16-5-4-10-26-16)23(34)27-17(12-19(25)31)22(33)28-18(24(35)36)11-14-6-8-15(30)9-7-14/h6-9,13,16-18,20,26,30H,3-5,10-12H2,1-2H3,(H2,25,31)(H,27,34)(H,28,33)(H,29,32)(H,35,36). The van der Waals surface area contributed by atoms with Crippen molar-refractivity contribution in [3.8, 4) is 5.75 Å². The Labute approximate surface area is 209 Å². The second kappa shape index (κ2) is 13.4. The Kier molecular flexibility index (Phi) is 10.7. The molecule has 1 saturated heterocycles. The van der Waals surface area contributed by atoms with E-state index in [-0.39, 0.29) is 24.0 Å². The Morgan fingerprint density at radius 1 is 1.06 bits per heavy atom. The van der Waals surface area contributed by atoms with E-state index in [1.807, 2.05) is 6.92 Å². The number of phenolic OH excluding ortho intramolecular Hbond substituents is 1. The van der Waals surface area contributed by atoms with E-state index in [9.17, 15) is 34.2 Å². The third kappa shape index (κ3) is 8.52. The number of carboxylic acids is 1. The highest BCUT2D eigenvalue weighted by atomic mass is 16.4. The number of carboxylic acid groups (broad SMARTS) is 1. The first-order valence-corrected chi connectivity index (χ1v) is 11.9. The summed E-state index contributed by atoms with van der Waals surface area (Å²) in [7, 11) is 0. The first-order valence-electron chi connectivity index (χ1n) is 11.9. The minimum Gasteiger partial charge on any atom is -0.508 e. The molecule has 2 rings (SSSR count). The molecular formula is C24H35N5O7. The predicted molar refractivity (Wildman–Crippen MR) is 130 cm³/mol. The number of hydrogen-bond acceptors (Lipinski definition) is 7. The van der Waals surface area contributed by atoms with Gasteiger partial charge in [0.25, 0.3) is 0 Å². The van der Waals surface area contributed by atoms with Crippen molar-refractivity contribution in [2.24, 2.45) is 11.7 Å². The summed E-state index contributed by atoms with van der Waals surface area (Å²) in [5.41, 5.74) is 5.81. The largest absolute Gasteiger partial charge is 0.508 e. The lowest BCUT2D eigenvalue weighted by atomic mass is 9.97. The maximum atomic E-state index is 13.1. The summed E-state index contributed by atoms with van der Waals surface area (Å²) in [6.07, 6.45) is 1.38. The van der Waals surface area contributed by atoms with Gasteiger partial charge in [0.1, 0.15) is 23.9 Å². The maximum absolute atomic E-state index is 13.1. The molecule has 0 aromatic heterocycles. The van der Waals surface area contributed by atoms with Crippen molar-refractivity contribution in [3.63, 3.8) is 0 Å². The van der Waals surface area contributed by atoms with Crippen LogP contribution in [0.15, 0.2) is 24.3 Å². The maximum Gasteiger partial charge on any atom is 0.326 e. The van der Waals surface area contributed by atoms with Crippen molar-refractivity contribution in [1.82, 2.24) is 21.3 Å². The van der Waals surface area contributed by atoms with Crippen LogP contribution >= 0.6 is 0 Å². The average Bonchev–Trinajstić information content (AvgIpc) is 3.37. The summed E-state index contributed by atoms with van der Waals surface area (Å²) in [6, 6.07) is 1.60. The lowest BCUT2D eigenvalue weighted by Crippen LogP contribution is -2.59. The van der Waals surface area contributed by atoms with Crippen molar-refractivity contribution < 1.29 is 34.2 Å². The third-order valence-electron chi connectivity index (χ3n) is 6.20. The van der Waals surface area contributed by atoms with Gasteiger partial charge in [-0.05, 0) is 43.0 Å². The first kappa shape index (κ1) is 28.6. The van der Waals surface area contributed by atoms with Gasteiger partial charge in [-0.2, -0.15) is 0 Å². The van der Waals surface area contributed by atoms with Gasteiger partial charge in [0, 0.05) is 6.42 Å². The van der Waals surface area contributed by atoms with Crippen molar-refractivity contribution in [3.05, 3.63) is 29.8 Å². The third-order valence-corrected chi connectivity index (χ3v) is 6.20. The summed E-state index contributed by atoms with van der Waals surface area (Å²) in [4.78, 5) is 62.0. The number of phenols is 1. The Bertz CT molecular complexity index is 947. The number of primary amides is 1. The van der Waals surface area contributed by atoms with Crippen LogP contribution in [0.4, 0.5) is 0 Å². The van der Waals surface area contributed by atoms with Gasteiger partial charge in [-0.3, -0.25) is 19.2 Å². The zero-order valence-electron chi connectivity index (χ0n) is 20.5. The van der Waals surface area contributed by atoms with Gasteiger partial charge in [0.2, 0.25) is 23.6 Å². The van der Waals surface area contributed by atoms with E-state index in [0.717, 1.165) is 6.42 Å². The van der Waals surface area contributed by atoms with Crippen LogP contribution in [0.5, 0.6) is 5.75 Å². The molecule has 1 aliphatic rings. The molecule has 1 aromatic carbocycles. The summed E-state index contributed by atoms with van der Waals surface area (Å²) in [5.74, 6) is -4.39. The molecule has 4 amide bonds. The number of rotatable bonds is 13. The predicted octanol–water partition coefficient (Wildman–Crippen LogP) is -0.853. The number of nitrogens with one attached hydrogen (secondary N) is 4. The topological polar surface area (TPSA) is 200 Å². The molecule has 1 aliphatic heterocycles. The van der Waals surface area contributed by atoms with Crippen LogP contribution in [0.25, 0.3) is 0 Å². The number of hydrogen-bond donors (Lipinski definition) is 7. The van der Waals surface area contributed by atoms with Gasteiger partial charge in [0.15, 0.2) is 0 Å². The number of amides is 4. The fraction of sp³-hybridized carbons (Fsp3) is 0.542. The molecule has 0 bridgehead atoms. The monoisotopic (exact) mass is 505 g/mol. The molecule has 0 aliphatic carbocycles. The van der Waals surface area contributed by atoms with E-state index in [1.54, 1.807) is 6.92 Å². The normalized spacial score (nSPS) is 18.3. The summed E-state index contributed by atoms with van der Waals surface area (Å²) in [5, 5.41) is 29.6. The number of nitrogens with two attached hydrogens (primary N) is 1. The highest BCUT2D eigenvalue weighted by Gasteiger charge is 2.34. The van der Waals surface area contributed by atoms with E-state index in [2.05, 4.69) is 21.3 Å². The minimum absolute atomic E-state index is 0.00515. The lowest BCUT2D eigenvalue weighted by molar-refractivity contribution is -0.142. The van der Waals surface area contributed by atoms with E-state index >= 15 is 0 Å². The van der Waals surface area contributed by atoms with Crippen molar-refractivity contribution in [2.45, 2.75) is 70.1 Å². The fourth-order valence-electron chi connectivity index (χ4n) is 3.88. The molecule has 1 heterocycles. The van der Waals surface area contributed by atoms with Crippen LogP contribution in [-0.4, -0.2) is 70.5 Å². The van der Waals surface area contributed by atoms with Crippen LogP contribution < -0.4 is 27.0 Å². The highest BCUT2D eigenvalue weighted by molar-refractivity contribution is 5.96. The van der Waals surface area contributed by atoms with E-state index in [1.165, 1.54) is 24.3 Å². The van der Waals surface area contributed by atoms with Gasteiger partial charge < -0.3 is 37.2 Å². The van der Waals surface area contributed by atoms with Gasteiger partial charge in [-0.25, -0.2) is 4.79 Å². The second-order valence-corrected chi connectivity index (χ2v) is 9.02. The Hall–Kier alpha value is -3.67. The van der Waals surface area contributed by atoms with Crippen LogP contribution in [0, 0.1) is 5.92 Å². The molecule has 0 radical (unpaired) electrons. The van der Waals surface area contributed by atoms with E-state index in [0.29, 0.717) is 24.9 Å². The van der Waals surface area contributed by atoms with Crippen LogP contribution in [0.3, 0.4) is 0 Å². The molecule has 1 aromatic rings. The summed E-state index contributed by atoms with van der Waals surface area (Å²) in [6.45, 7) is 4.32. The molecule has 0 spiro atoms. The van der Waals surface area contributed by atoms with Gasteiger partial charge in [0.05, 0.1) is 12.5 Å². The summed E-state index contributed by atoms with van der Waals surface area (Å²) < 4.78 is 0. The quantitative estimate of drug-likeness (QED) is 0.180. The minimum atomic E-state index is -1.44. The SMILES string of the molecule is CCC(C)C(NC(=O)C1CCCN1)C(=O)NC(CC(N)=O)C(=O)NC(Cc1ccc(O)cc1)C(=O)O. The number of carbonyl (C=O) groups excluding carboxylic acids is 4. The van der Waals surface area contributed by atoms with Crippen molar-refractivity contribution >= 4 is 29.6 Å². The number of carbonyl (C=O) groups is 5. The van der Waals surface area contributed by atoms with Crippen LogP contribution in [0.1, 0.15) is 45.1 Å². The number of benzene rings is 1. The van der Waals surface area contributed by atoms with Crippen LogP contribution in [0.2, 0.25) is 0 Å². The Balaban J connectivity index is 2.14. The molecule has 198 valence electrons. The molecule has 12 heteroatoms. The first-order chi connectivity index (χ1) is 17.0. The van der Waals surface area contributed by atoms with Gasteiger partial charge in [-0.1, -0.05) is 32.4 Å². The smallest absolute Gasteiger partial charge is 0.326 e. The van der Waals surface area contributed by atoms with Gasteiger partial charge in [-0.15, -0.1) is 0 Å². The zero-order valence-corrected chi connectivity index (χ0v) is 20.5. The summed E-state index contributed by atoms with van der Waals surface area (Å²) >= 11 is 0. The number of aromatic hydroxyl groups is 1. The highest BCUT2D eigenvalue weighted by Crippen LogP contribution is 2.13. The lowest BCUT2D eigenvalue weighted by Gasteiger charge is -2.27. The Morgan fingerprint density at radius 3 is 2.22 bits per heavy atom. The number of aliphatic carboxylic acids is 1. The Morgan fingerprint density at radius 2 is 1.69 bits per heavy atom. The van der Waals surface area contributed by atoms with Gasteiger partial charge >= 0.3 is 5.97 Å². The molecule has 12 nitrogen and oxygen atoms in total. The second-order valence-electron chi connectivity index (χ2n) is 9.02. The average molecular weight is 506 g/mol. The molecule has 5 unspecified atom stereocenters. The molecular weight excluding hydrogens is 470 g/mol. The molecule has 1 fully saturated rings. The van der Waals surface area contributed by atoms with Crippen molar-refractivity contribution in [2.75, 3.05) is 6.54 Å². The van der Waals surface area contributed by atoms with Crippen molar-refractivity contribution in [1.29, 1.82) is 0 Å². The molecule has 0 saturated carbocycles. The van der Waals surface area contributed by atoms with Crippen LogP contribution in [-0.2, 0) is 30.4 Å². The molecule has 8 N–H and O–H groups in total. The van der Waals surface area contributed by atoms with E-state index in [4.69, 9.17) is 5.73 Å². The zero-order chi connectivity index (χ0) is 26.8. The molecule has 5 atom stereocenters. The molecule has 36 heavy (non-hydrogen) atoms.